The Labute approximate surface area is 130 Å². The van der Waals surface area contributed by atoms with Gasteiger partial charge in [-0.05, 0) is 48.6 Å². The molecule has 5 heteroatoms. The molecule has 0 aliphatic rings. The molecule has 1 heterocycles. The lowest BCUT2D eigenvalue weighted by atomic mass is 9.97. The van der Waals surface area contributed by atoms with Gasteiger partial charge in [0.05, 0.1) is 12.5 Å². The van der Waals surface area contributed by atoms with E-state index in [1.165, 1.54) is 11.3 Å². The van der Waals surface area contributed by atoms with E-state index in [4.69, 9.17) is 4.74 Å². The number of ether oxygens (including phenoxy) is 1. The Balaban J connectivity index is 2.31. The van der Waals surface area contributed by atoms with E-state index in [1.807, 2.05) is 42.6 Å². The molecule has 1 aromatic carbocycles. The first kappa shape index (κ1) is 15.1. The number of hydrogen-bond donors (Lipinski definition) is 1. The molecule has 3 nitrogen and oxygen atoms in total. The fraction of sp³-hybridized carbons (Fsp3) is 0.267. The van der Waals surface area contributed by atoms with Crippen LogP contribution in [0.4, 0.5) is 0 Å². The van der Waals surface area contributed by atoms with Crippen molar-refractivity contribution in [2.24, 2.45) is 0 Å². The highest BCUT2D eigenvalue weighted by molar-refractivity contribution is 9.10. The molecule has 0 saturated heterocycles. The van der Waals surface area contributed by atoms with E-state index >= 15 is 0 Å². The summed E-state index contributed by atoms with van der Waals surface area (Å²) in [7, 11) is 0. The molecular weight excluding hydrogens is 340 g/mol. The number of carbonyl (C=O) groups is 1. The van der Waals surface area contributed by atoms with Crippen molar-refractivity contribution in [2.45, 2.75) is 19.3 Å². The van der Waals surface area contributed by atoms with Crippen LogP contribution in [-0.2, 0) is 11.2 Å². The van der Waals surface area contributed by atoms with Gasteiger partial charge in [-0.25, -0.2) is 0 Å². The van der Waals surface area contributed by atoms with Crippen LogP contribution in [0.1, 0.15) is 23.3 Å². The predicted octanol–water partition coefficient (Wildman–Crippen LogP) is 4.32. The summed E-state index contributed by atoms with van der Waals surface area (Å²) in [6, 6.07) is 9.43. The Kier molecular flexibility index (Phi) is 5.20. The number of benzene rings is 1. The highest BCUT2D eigenvalue weighted by atomic mass is 79.9. The van der Waals surface area contributed by atoms with Crippen molar-refractivity contribution in [2.75, 3.05) is 6.61 Å². The van der Waals surface area contributed by atoms with Gasteiger partial charge in [-0.1, -0.05) is 22.0 Å². The van der Waals surface area contributed by atoms with Crippen LogP contribution in [0.25, 0.3) is 0 Å². The molecule has 2 rings (SSSR count). The second-order valence-electron chi connectivity index (χ2n) is 4.30. The molecule has 1 aromatic heterocycles. The molecule has 106 valence electrons. The van der Waals surface area contributed by atoms with Crippen LogP contribution in [-0.4, -0.2) is 17.7 Å². The van der Waals surface area contributed by atoms with E-state index in [1.54, 1.807) is 0 Å². The van der Waals surface area contributed by atoms with E-state index in [0.717, 1.165) is 20.7 Å². The Morgan fingerprint density at radius 3 is 2.85 bits per heavy atom. The van der Waals surface area contributed by atoms with Gasteiger partial charge in [0.15, 0.2) is 0 Å². The smallest absolute Gasteiger partial charge is 0.312 e. The number of hydrogen-bond acceptors (Lipinski definition) is 3. The predicted molar refractivity (Wildman–Crippen MR) is 83.7 cm³/mol. The third kappa shape index (κ3) is 3.61. The summed E-state index contributed by atoms with van der Waals surface area (Å²) in [5.41, 5.74) is 0.905. The lowest BCUT2D eigenvalue weighted by Gasteiger charge is -2.15. The third-order valence-corrected chi connectivity index (χ3v) is 4.41. The molecule has 0 aliphatic carbocycles. The first-order valence-corrected chi connectivity index (χ1v) is 7.96. The van der Waals surface area contributed by atoms with Gasteiger partial charge in [-0.15, -0.1) is 11.3 Å². The van der Waals surface area contributed by atoms with Crippen molar-refractivity contribution in [3.63, 3.8) is 0 Å². The summed E-state index contributed by atoms with van der Waals surface area (Å²) in [6.45, 7) is 2.48. The third-order valence-electron chi connectivity index (χ3n) is 2.93. The molecule has 2 aromatic rings. The van der Waals surface area contributed by atoms with Crippen LogP contribution in [0.2, 0.25) is 0 Å². The number of thiophene rings is 1. The molecule has 0 fully saturated rings. The summed E-state index contributed by atoms with van der Waals surface area (Å²) in [5, 5.41) is 11.3. The summed E-state index contributed by atoms with van der Waals surface area (Å²) in [4.78, 5) is 12.4. The van der Waals surface area contributed by atoms with Gasteiger partial charge in [0, 0.05) is 9.35 Å². The largest absolute Gasteiger partial charge is 0.494 e. The minimum Gasteiger partial charge on any atom is -0.494 e. The molecule has 0 saturated carbocycles. The standard InChI is InChI=1S/C15H15BrO3S/c1-2-19-13-6-5-11(16)8-10(13)9-12(15(17)18)14-4-3-7-20-14/h3-8,12H,2,9H2,1H3,(H,17,18). The van der Waals surface area contributed by atoms with E-state index < -0.39 is 11.9 Å². The second kappa shape index (κ2) is 6.90. The fourth-order valence-electron chi connectivity index (χ4n) is 2.02. The van der Waals surface area contributed by atoms with Crippen molar-refractivity contribution in [1.29, 1.82) is 0 Å². The fourth-order valence-corrected chi connectivity index (χ4v) is 3.25. The number of halogens is 1. The normalized spacial score (nSPS) is 12.1. The number of rotatable bonds is 6. The summed E-state index contributed by atoms with van der Waals surface area (Å²) in [6.07, 6.45) is 0.421. The number of carboxylic acid groups (broad SMARTS) is 1. The van der Waals surface area contributed by atoms with Gasteiger partial charge >= 0.3 is 5.97 Å². The average Bonchev–Trinajstić information content (AvgIpc) is 2.92. The van der Waals surface area contributed by atoms with Crippen LogP contribution in [0.5, 0.6) is 5.75 Å². The highest BCUT2D eigenvalue weighted by Crippen LogP contribution is 2.31. The highest BCUT2D eigenvalue weighted by Gasteiger charge is 2.23. The van der Waals surface area contributed by atoms with Gasteiger partial charge in [0.2, 0.25) is 0 Å². The lowest BCUT2D eigenvalue weighted by Crippen LogP contribution is -2.14. The Morgan fingerprint density at radius 2 is 2.25 bits per heavy atom. The van der Waals surface area contributed by atoms with Crippen molar-refractivity contribution in [3.05, 3.63) is 50.6 Å². The van der Waals surface area contributed by atoms with E-state index in [0.29, 0.717) is 13.0 Å². The summed E-state index contributed by atoms with van der Waals surface area (Å²) < 4.78 is 6.50. The molecule has 1 N–H and O–H groups in total. The second-order valence-corrected chi connectivity index (χ2v) is 6.19. The van der Waals surface area contributed by atoms with Crippen LogP contribution in [0.3, 0.4) is 0 Å². The topological polar surface area (TPSA) is 46.5 Å². The van der Waals surface area contributed by atoms with Gasteiger partial charge in [-0.3, -0.25) is 4.79 Å². The Bertz CT molecular complexity index is 581. The minimum absolute atomic E-state index is 0.421. The molecular formula is C15H15BrO3S. The Morgan fingerprint density at radius 1 is 1.45 bits per heavy atom. The van der Waals surface area contributed by atoms with Crippen molar-refractivity contribution < 1.29 is 14.6 Å². The quantitative estimate of drug-likeness (QED) is 0.839. The van der Waals surface area contributed by atoms with Crippen molar-refractivity contribution in [3.8, 4) is 5.75 Å². The van der Waals surface area contributed by atoms with Gasteiger partial charge in [0.1, 0.15) is 5.75 Å². The van der Waals surface area contributed by atoms with E-state index in [2.05, 4.69) is 15.9 Å². The van der Waals surface area contributed by atoms with Gasteiger partial charge < -0.3 is 9.84 Å². The molecule has 0 aliphatic heterocycles. The molecule has 0 radical (unpaired) electrons. The molecule has 1 atom stereocenters. The monoisotopic (exact) mass is 354 g/mol. The van der Waals surface area contributed by atoms with Crippen LogP contribution in [0, 0.1) is 0 Å². The molecule has 1 unspecified atom stereocenters. The van der Waals surface area contributed by atoms with Gasteiger partial charge in [0.25, 0.3) is 0 Å². The molecule has 0 bridgehead atoms. The van der Waals surface area contributed by atoms with E-state index in [9.17, 15) is 9.90 Å². The maximum atomic E-state index is 11.5. The maximum absolute atomic E-state index is 11.5. The first-order chi connectivity index (χ1) is 9.61. The maximum Gasteiger partial charge on any atom is 0.312 e. The first-order valence-electron chi connectivity index (χ1n) is 6.29. The van der Waals surface area contributed by atoms with Crippen molar-refractivity contribution >= 4 is 33.2 Å². The van der Waals surface area contributed by atoms with E-state index in [-0.39, 0.29) is 0 Å². The zero-order valence-corrected chi connectivity index (χ0v) is 13.4. The summed E-state index contributed by atoms with van der Waals surface area (Å²) >= 11 is 4.89. The SMILES string of the molecule is CCOc1ccc(Br)cc1CC(C(=O)O)c1cccs1. The van der Waals surface area contributed by atoms with Crippen LogP contribution < -0.4 is 4.74 Å². The lowest BCUT2D eigenvalue weighted by molar-refractivity contribution is -0.138. The molecule has 0 spiro atoms. The molecule has 0 amide bonds. The number of carboxylic acids is 1. The summed E-state index contributed by atoms with van der Waals surface area (Å²) in [5.74, 6) is -0.600. The van der Waals surface area contributed by atoms with Crippen LogP contribution >= 0.6 is 27.3 Å². The molecule has 20 heavy (non-hydrogen) atoms. The minimum atomic E-state index is -0.810. The zero-order valence-electron chi connectivity index (χ0n) is 11.0. The number of aliphatic carboxylic acids is 1. The van der Waals surface area contributed by atoms with Crippen molar-refractivity contribution in [1.82, 2.24) is 0 Å². The zero-order chi connectivity index (χ0) is 14.5. The van der Waals surface area contributed by atoms with Crippen LogP contribution in [0.15, 0.2) is 40.2 Å². The van der Waals surface area contributed by atoms with Gasteiger partial charge in [-0.2, -0.15) is 0 Å². The Hall–Kier alpha value is -1.33. The average molecular weight is 355 g/mol.